The molecular formula is C18H14BrN3. The van der Waals surface area contributed by atoms with Crippen molar-refractivity contribution in [1.82, 2.24) is 0 Å². The van der Waals surface area contributed by atoms with Gasteiger partial charge < -0.3 is 5.73 Å². The average Bonchev–Trinajstić information content (AvgIpc) is 2.54. The van der Waals surface area contributed by atoms with Crippen LogP contribution in [0.5, 0.6) is 0 Å². The van der Waals surface area contributed by atoms with Gasteiger partial charge in [-0.15, -0.1) is 0 Å². The Morgan fingerprint density at radius 3 is 2.18 bits per heavy atom. The van der Waals surface area contributed by atoms with Crippen molar-refractivity contribution in [1.29, 1.82) is 5.41 Å². The van der Waals surface area contributed by atoms with Gasteiger partial charge >= 0.3 is 0 Å². The highest BCUT2D eigenvalue weighted by Crippen LogP contribution is 2.24. The molecule has 0 radical (unpaired) electrons. The zero-order chi connectivity index (χ0) is 15.5. The fraction of sp³-hybridized carbons (Fsp3) is 0. The minimum absolute atomic E-state index is 0.151. The van der Waals surface area contributed by atoms with E-state index in [-0.39, 0.29) is 5.84 Å². The number of rotatable bonds is 2. The van der Waals surface area contributed by atoms with Crippen LogP contribution in [0.1, 0.15) is 11.1 Å². The second-order valence-corrected chi connectivity index (χ2v) is 5.75. The smallest absolute Gasteiger partial charge is 0.154 e. The summed E-state index contributed by atoms with van der Waals surface area (Å²) in [5.74, 6) is 0.477. The summed E-state index contributed by atoms with van der Waals surface area (Å²) < 4.78 is 0.869. The van der Waals surface area contributed by atoms with Crippen molar-refractivity contribution >= 4 is 38.4 Å². The molecule has 0 saturated heterocycles. The molecule has 0 fully saturated rings. The molecule has 0 amide bonds. The number of nitrogens with zero attached hydrogens (tertiary/aromatic N) is 1. The Bertz CT molecular complexity index is 870. The molecule has 0 saturated carbocycles. The third-order valence-electron chi connectivity index (χ3n) is 3.39. The molecule has 0 atom stereocenters. The predicted molar refractivity (Wildman–Crippen MR) is 95.6 cm³/mol. The molecule has 22 heavy (non-hydrogen) atoms. The van der Waals surface area contributed by atoms with Crippen LogP contribution in [0.15, 0.2) is 76.2 Å². The first kappa shape index (κ1) is 14.5. The molecule has 0 aromatic heterocycles. The van der Waals surface area contributed by atoms with E-state index in [0.29, 0.717) is 5.84 Å². The Kier molecular flexibility index (Phi) is 4.02. The number of nitrogens with one attached hydrogen (secondary N) is 1. The van der Waals surface area contributed by atoms with Crippen LogP contribution in [0.2, 0.25) is 0 Å². The first-order chi connectivity index (χ1) is 10.6. The van der Waals surface area contributed by atoms with Crippen LogP contribution in [0, 0.1) is 5.41 Å². The highest BCUT2D eigenvalue weighted by atomic mass is 79.9. The van der Waals surface area contributed by atoms with Crippen molar-refractivity contribution < 1.29 is 0 Å². The number of fused-ring (bicyclic) bond motifs is 1. The number of hydrogen-bond acceptors (Lipinski definition) is 1. The normalized spacial score (nSPS) is 11.6. The van der Waals surface area contributed by atoms with Gasteiger partial charge in [0.05, 0.1) is 0 Å². The van der Waals surface area contributed by atoms with Crippen molar-refractivity contribution in [2.45, 2.75) is 0 Å². The zero-order valence-corrected chi connectivity index (χ0v) is 13.3. The fourth-order valence-corrected chi connectivity index (χ4v) is 2.81. The molecular weight excluding hydrogens is 338 g/mol. The molecule has 3 rings (SSSR count). The van der Waals surface area contributed by atoms with E-state index < -0.39 is 0 Å². The number of nitrogens with two attached hydrogens (primary N) is 1. The maximum Gasteiger partial charge on any atom is 0.154 e. The molecule has 3 N–H and O–H groups in total. The monoisotopic (exact) mass is 351 g/mol. The molecule has 4 heteroatoms. The van der Waals surface area contributed by atoms with Gasteiger partial charge in [-0.1, -0.05) is 70.5 Å². The minimum atomic E-state index is 0.151. The quantitative estimate of drug-likeness (QED) is 0.523. The van der Waals surface area contributed by atoms with Crippen molar-refractivity contribution in [3.63, 3.8) is 0 Å². The van der Waals surface area contributed by atoms with Gasteiger partial charge in [0.15, 0.2) is 5.84 Å². The largest absolute Gasteiger partial charge is 0.383 e. The van der Waals surface area contributed by atoms with Crippen LogP contribution in [0.4, 0.5) is 0 Å². The van der Waals surface area contributed by atoms with Crippen molar-refractivity contribution in [2.24, 2.45) is 10.7 Å². The van der Waals surface area contributed by atoms with Crippen molar-refractivity contribution in [3.05, 3.63) is 82.3 Å². The number of hydrogen-bond donors (Lipinski definition) is 2. The van der Waals surface area contributed by atoms with Crippen LogP contribution >= 0.6 is 15.9 Å². The lowest BCUT2D eigenvalue weighted by atomic mass is 10.1. The molecule has 0 aliphatic carbocycles. The minimum Gasteiger partial charge on any atom is -0.383 e. The van der Waals surface area contributed by atoms with Gasteiger partial charge in [0.1, 0.15) is 5.84 Å². The molecule has 0 bridgehead atoms. The average molecular weight is 352 g/mol. The van der Waals surface area contributed by atoms with Crippen LogP contribution in [-0.2, 0) is 0 Å². The maximum absolute atomic E-state index is 8.06. The summed E-state index contributed by atoms with van der Waals surface area (Å²) in [6.07, 6.45) is 0. The summed E-state index contributed by atoms with van der Waals surface area (Å²) >= 11 is 3.53. The van der Waals surface area contributed by atoms with Crippen LogP contribution in [0.25, 0.3) is 10.8 Å². The van der Waals surface area contributed by atoms with E-state index in [1.807, 2.05) is 66.7 Å². The van der Waals surface area contributed by atoms with Gasteiger partial charge in [0.25, 0.3) is 0 Å². The summed E-state index contributed by atoms with van der Waals surface area (Å²) in [6, 6.07) is 21.4. The van der Waals surface area contributed by atoms with Gasteiger partial charge in [0.2, 0.25) is 0 Å². The van der Waals surface area contributed by atoms with E-state index in [9.17, 15) is 0 Å². The standard InChI is InChI=1S/C18H14BrN3/c19-16-11-14-9-5-4-8-13(14)10-15(16)18(21)22-17(20)12-6-2-1-3-7-12/h1-11H,(H3,20,21,22). The lowest BCUT2D eigenvalue weighted by Crippen LogP contribution is -2.16. The van der Waals surface area contributed by atoms with E-state index in [4.69, 9.17) is 11.1 Å². The molecule has 0 unspecified atom stereocenters. The van der Waals surface area contributed by atoms with E-state index in [1.165, 1.54) is 0 Å². The summed E-state index contributed by atoms with van der Waals surface area (Å²) in [6.45, 7) is 0. The second-order valence-electron chi connectivity index (χ2n) is 4.89. The summed E-state index contributed by atoms with van der Waals surface area (Å²) in [5.41, 5.74) is 7.63. The van der Waals surface area contributed by atoms with E-state index in [2.05, 4.69) is 20.9 Å². The third kappa shape index (κ3) is 2.92. The van der Waals surface area contributed by atoms with Crippen molar-refractivity contribution in [3.8, 4) is 0 Å². The molecule has 3 nitrogen and oxygen atoms in total. The Morgan fingerprint density at radius 2 is 1.50 bits per heavy atom. The van der Waals surface area contributed by atoms with E-state index in [1.54, 1.807) is 0 Å². The van der Waals surface area contributed by atoms with E-state index >= 15 is 0 Å². The Hall–Kier alpha value is -2.46. The Balaban J connectivity index is 2.01. The zero-order valence-electron chi connectivity index (χ0n) is 11.8. The molecule has 3 aromatic rings. The van der Waals surface area contributed by atoms with Gasteiger partial charge in [0, 0.05) is 15.6 Å². The second kappa shape index (κ2) is 6.12. The SMILES string of the molecule is N=C(/N=C(\N)c1cc2ccccc2cc1Br)c1ccccc1. The summed E-state index contributed by atoms with van der Waals surface area (Å²) in [4.78, 5) is 4.23. The molecule has 0 spiro atoms. The molecule has 0 aliphatic rings. The lowest BCUT2D eigenvalue weighted by molar-refractivity contribution is 1.40. The number of benzene rings is 3. The molecule has 0 heterocycles. The van der Waals surface area contributed by atoms with E-state index in [0.717, 1.165) is 26.4 Å². The molecule has 3 aromatic carbocycles. The van der Waals surface area contributed by atoms with Gasteiger partial charge in [-0.25, -0.2) is 4.99 Å². The van der Waals surface area contributed by atoms with Crippen LogP contribution < -0.4 is 5.73 Å². The summed E-state index contributed by atoms with van der Waals surface area (Å²) in [5, 5.41) is 10.3. The topological polar surface area (TPSA) is 62.2 Å². The summed E-state index contributed by atoms with van der Waals surface area (Å²) in [7, 11) is 0. The molecule has 108 valence electrons. The lowest BCUT2D eigenvalue weighted by Gasteiger charge is -2.07. The predicted octanol–water partition coefficient (Wildman–Crippen LogP) is 4.33. The Labute approximate surface area is 137 Å². The highest BCUT2D eigenvalue weighted by Gasteiger charge is 2.08. The maximum atomic E-state index is 8.06. The first-order valence-electron chi connectivity index (χ1n) is 6.82. The van der Waals surface area contributed by atoms with Gasteiger partial charge in [-0.2, -0.15) is 0 Å². The van der Waals surface area contributed by atoms with Crippen LogP contribution in [0.3, 0.4) is 0 Å². The first-order valence-corrected chi connectivity index (χ1v) is 7.61. The van der Waals surface area contributed by atoms with Crippen LogP contribution in [-0.4, -0.2) is 11.7 Å². The fourth-order valence-electron chi connectivity index (χ4n) is 2.25. The Morgan fingerprint density at radius 1 is 0.909 bits per heavy atom. The number of aliphatic imine (C=N–C) groups is 1. The van der Waals surface area contributed by atoms with Gasteiger partial charge in [-0.05, 0) is 22.9 Å². The van der Waals surface area contributed by atoms with Gasteiger partial charge in [-0.3, -0.25) is 5.41 Å². The number of halogens is 1. The highest BCUT2D eigenvalue weighted by molar-refractivity contribution is 9.10. The number of amidine groups is 2. The van der Waals surface area contributed by atoms with Crippen molar-refractivity contribution in [2.75, 3.05) is 0 Å². The third-order valence-corrected chi connectivity index (χ3v) is 4.05. The molecule has 0 aliphatic heterocycles.